The first-order valence-electron chi connectivity index (χ1n) is 4.96. The number of anilines is 1. The molecule has 5 nitrogen and oxygen atoms in total. The van der Waals surface area contributed by atoms with Gasteiger partial charge in [-0.15, -0.1) is 0 Å². The summed E-state index contributed by atoms with van der Waals surface area (Å²) in [6, 6.07) is 3.70. The van der Waals surface area contributed by atoms with Crippen LogP contribution in [-0.2, 0) is 16.4 Å². The van der Waals surface area contributed by atoms with Gasteiger partial charge in [0.25, 0.3) is 0 Å². The van der Waals surface area contributed by atoms with Gasteiger partial charge in [-0.2, -0.15) is 0 Å². The number of hydrogen-bond acceptors (Lipinski definition) is 5. The zero-order valence-corrected chi connectivity index (χ0v) is 10.4. The first-order chi connectivity index (χ1) is 7.42. The molecule has 1 rings (SSSR count). The largest absolute Gasteiger partial charge is 0.359 e. The van der Waals surface area contributed by atoms with E-state index in [4.69, 9.17) is 5.73 Å². The van der Waals surface area contributed by atoms with Crippen LogP contribution in [0.25, 0.3) is 0 Å². The number of nitrogens with two attached hydrogens (primary N) is 1. The summed E-state index contributed by atoms with van der Waals surface area (Å²) in [5.74, 6) is 0.865. The van der Waals surface area contributed by atoms with Crippen molar-refractivity contribution in [2.45, 2.75) is 6.54 Å². The van der Waals surface area contributed by atoms with Crippen molar-refractivity contribution in [3.63, 3.8) is 0 Å². The van der Waals surface area contributed by atoms with E-state index in [-0.39, 0.29) is 5.75 Å². The minimum absolute atomic E-state index is 0.123. The maximum atomic E-state index is 11.0. The molecule has 0 saturated heterocycles. The molecular formula is C10H17N3O2S. The third-order valence-electron chi connectivity index (χ3n) is 2.23. The van der Waals surface area contributed by atoms with Gasteiger partial charge in [0, 0.05) is 32.6 Å². The second kappa shape index (κ2) is 5.27. The van der Waals surface area contributed by atoms with Gasteiger partial charge in [0.05, 0.1) is 5.75 Å². The molecule has 0 saturated carbocycles. The molecule has 0 amide bonds. The number of sulfone groups is 1. The number of nitrogens with zero attached hydrogens (tertiary/aromatic N) is 2. The second-order valence-corrected chi connectivity index (χ2v) is 6.04. The lowest BCUT2D eigenvalue weighted by Crippen LogP contribution is -2.25. The molecule has 0 aromatic carbocycles. The molecular weight excluding hydrogens is 226 g/mol. The van der Waals surface area contributed by atoms with Crippen LogP contribution in [0.5, 0.6) is 0 Å². The zero-order valence-electron chi connectivity index (χ0n) is 9.55. The van der Waals surface area contributed by atoms with Crippen molar-refractivity contribution in [1.82, 2.24) is 4.98 Å². The third kappa shape index (κ3) is 4.16. The van der Waals surface area contributed by atoms with E-state index in [1.807, 2.05) is 19.2 Å². The summed E-state index contributed by atoms with van der Waals surface area (Å²) in [6.07, 6.45) is 2.90. The molecule has 16 heavy (non-hydrogen) atoms. The predicted molar refractivity (Wildman–Crippen MR) is 65.1 cm³/mol. The summed E-state index contributed by atoms with van der Waals surface area (Å²) in [5, 5.41) is 0. The van der Waals surface area contributed by atoms with Gasteiger partial charge in [-0.25, -0.2) is 13.4 Å². The highest BCUT2D eigenvalue weighted by atomic mass is 32.2. The van der Waals surface area contributed by atoms with Gasteiger partial charge in [-0.1, -0.05) is 0 Å². The first kappa shape index (κ1) is 12.9. The van der Waals surface area contributed by atoms with Crippen LogP contribution in [0.3, 0.4) is 0 Å². The Bertz CT molecular complexity index is 445. The second-order valence-electron chi connectivity index (χ2n) is 3.78. The molecule has 0 atom stereocenters. The number of hydrogen-bond donors (Lipinski definition) is 1. The Hall–Kier alpha value is -1.14. The number of pyridine rings is 1. The molecule has 0 aliphatic rings. The van der Waals surface area contributed by atoms with Gasteiger partial charge >= 0.3 is 0 Å². The Labute approximate surface area is 96.2 Å². The highest BCUT2D eigenvalue weighted by Crippen LogP contribution is 2.10. The van der Waals surface area contributed by atoms with Gasteiger partial charge in [0.1, 0.15) is 15.7 Å². The molecule has 2 N–H and O–H groups in total. The minimum Gasteiger partial charge on any atom is -0.359 e. The highest BCUT2D eigenvalue weighted by molar-refractivity contribution is 7.90. The smallest absolute Gasteiger partial charge is 0.149 e. The molecule has 0 spiro atoms. The van der Waals surface area contributed by atoms with Crippen LogP contribution in [-0.4, -0.2) is 39.0 Å². The minimum atomic E-state index is -2.94. The van der Waals surface area contributed by atoms with Crippen LogP contribution in [0.2, 0.25) is 0 Å². The Morgan fingerprint density at radius 1 is 1.50 bits per heavy atom. The van der Waals surface area contributed by atoms with Crippen LogP contribution in [0.1, 0.15) is 5.56 Å². The third-order valence-corrected chi connectivity index (χ3v) is 3.16. The standard InChI is InChI=1S/C10H17N3O2S/c1-13(5-6-16(2,14)15)10-7-9(8-11)3-4-12-10/h3-4,7H,5-6,8,11H2,1-2H3. The fraction of sp³-hybridized carbons (Fsp3) is 0.500. The monoisotopic (exact) mass is 243 g/mol. The first-order valence-corrected chi connectivity index (χ1v) is 7.02. The molecule has 0 aliphatic carbocycles. The average Bonchev–Trinajstić information content (AvgIpc) is 2.25. The van der Waals surface area contributed by atoms with E-state index in [1.54, 1.807) is 11.1 Å². The van der Waals surface area contributed by atoms with Crippen molar-refractivity contribution < 1.29 is 8.42 Å². The van der Waals surface area contributed by atoms with Crippen molar-refractivity contribution in [3.8, 4) is 0 Å². The lowest BCUT2D eigenvalue weighted by molar-refractivity contribution is 0.601. The van der Waals surface area contributed by atoms with Crippen molar-refractivity contribution >= 4 is 15.7 Å². The van der Waals surface area contributed by atoms with E-state index in [0.717, 1.165) is 11.4 Å². The van der Waals surface area contributed by atoms with Gasteiger partial charge in [0.2, 0.25) is 0 Å². The molecule has 90 valence electrons. The average molecular weight is 243 g/mol. The van der Waals surface area contributed by atoms with Crippen molar-refractivity contribution in [2.24, 2.45) is 5.73 Å². The predicted octanol–water partition coefficient (Wildman–Crippen LogP) is 0.0211. The van der Waals surface area contributed by atoms with Crippen LogP contribution in [0, 0.1) is 0 Å². The van der Waals surface area contributed by atoms with E-state index < -0.39 is 9.84 Å². The van der Waals surface area contributed by atoms with E-state index in [2.05, 4.69) is 4.98 Å². The zero-order chi connectivity index (χ0) is 12.2. The Balaban J connectivity index is 2.69. The molecule has 0 radical (unpaired) electrons. The fourth-order valence-corrected chi connectivity index (χ4v) is 1.82. The van der Waals surface area contributed by atoms with Gasteiger partial charge in [-0.3, -0.25) is 0 Å². The SMILES string of the molecule is CN(CCS(C)(=O)=O)c1cc(CN)ccn1. The maximum absolute atomic E-state index is 11.0. The number of aromatic nitrogens is 1. The van der Waals surface area contributed by atoms with Crippen molar-refractivity contribution in [3.05, 3.63) is 23.9 Å². The van der Waals surface area contributed by atoms with Gasteiger partial charge < -0.3 is 10.6 Å². The lowest BCUT2D eigenvalue weighted by atomic mass is 10.2. The molecule has 1 heterocycles. The molecule has 0 unspecified atom stereocenters. The summed E-state index contributed by atoms with van der Waals surface area (Å²) in [5.41, 5.74) is 6.50. The van der Waals surface area contributed by atoms with E-state index >= 15 is 0 Å². The van der Waals surface area contributed by atoms with Gasteiger partial charge in [-0.05, 0) is 17.7 Å². The van der Waals surface area contributed by atoms with Crippen molar-refractivity contribution in [2.75, 3.05) is 30.5 Å². The van der Waals surface area contributed by atoms with E-state index in [0.29, 0.717) is 13.1 Å². The van der Waals surface area contributed by atoms with Crippen LogP contribution in [0.15, 0.2) is 18.3 Å². The normalized spacial score (nSPS) is 11.4. The molecule has 0 fully saturated rings. The highest BCUT2D eigenvalue weighted by Gasteiger charge is 2.07. The summed E-state index contributed by atoms with van der Waals surface area (Å²) < 4.78 is 22.0. The number of rotatable bonds is 5. The topological polar surface area (TPSA) is 76.3 Å². The Kier molecular flexibility index (Phi) is 4.26. The summed E-state index contributed by atoms with van der Waals surface area (Å²) in [4.78, 5) is 5.97. The Morgan fingerprint density at radius 3 is 2.75 bits per heavy atom. The van der Waals surface area contributed by atoms with E-state index in [1.165, 1.54) is 6.26 Å². The Morgan fingerprint density at radius 2 is 2.19 bits per heavy atom. The lowest BCUT2D eigenvalue weighted by Gasteiger charge is -2.17. The maximum Gasteiger partial charge on any atom is 0.149 e. The quantitative estimate of drug-likeness (QED) is 0.789. The molecule has 0 bridgehead atoms. The molecule has 1 aromatic rings. The van der Waals surface area contributed by atoms with Crippen LogP contribution >= 0.6 is 0 Å². The molecule has 1 aromatic heterocycles. The van der Waals surface area contributed by atoms with Crippen LogP contribution < -0.4 is 10.6 Å². The van der Waals surface area contributed by atoms with E-state index in [9.17, 15) is 8.42 Å². The molecule has 6 heteroatoms. The summed E-state index contributed by atoms with van der Waals surface area (Å²) >= 11 is 0. The van der Waals surface area contributed by atoms with Crippen molar-refractivity contribution in [1.29, 1.82) is 0 Å². The van der Waals surface area contributed by atoms with Crippen LogP contribution in [0.4, 0.5) is 5.82 Å². The summed E-state index contributed by atoms with van der Waals surface area (Å²) in [7, 11) is -1.12. The molecule has 0 aliphatic heterocycles. The summed E-state index contributed by atoms with van der Waals surface area (Å²) in [6.45, 7) is 0.884. The fourth-order valence-electron chi connectivity index (χ4n) is 1.21. The van der Waals surface area contributed by atoms with Gasteiger partial charge in [0.15, 0.2) is 0 Å².